The summed E-state index contributed by atoms with van der Waals surface area (Å²) in [4.78, 5) is 0. The van der Waals surface area contributed by atoms with Crippen LogP contribution in [0.4, 0.5) is 0 Å². The predicted molar refractivity (Wildman–Crippen MR) is 30.5 cm³/mol. The van der Waals surface area contributed by atoms with E-state index in [9.17, 15) is 0 Å². The van der Waals surface area contributed by atoms with Crippen molar-refractivity contribution in [1.29, 1.82) is 0 Å². The largest absolute Gasteiger partial charge is 0.344 e. The third-order valence-electron chi connectivity index (χ3n) is 0.530. The molecule has 0 spiro atoms. The molecule has 0 saturated carbocycles. The third kappa shape index (κ3) is 8.83. The van der Waals surface area contributed by atoms with Crippen LogP contribution in [0.5, 0.6) is 0 Å². The second kappa shape index (κ2) is 9.23. The van der Waals surface area contributed by atoms with Gasteiger partial charge in [-0.15, -0.1) is 0 Å². The Kier molecular flexibility index (Phi) is 15.2. The van der Waals surface area contributed by atoms with E-state index in [2.05, 4.69) is 6.92 Å². The first-order chi connectivity index (χ1) is 2.41. The quantitative estimate of drug-likeness (QED) is 0.663. The normalized spacial score (nSPS) is 7.00. The van der Waals surface area contributed by atoms with Crippen molar-refractivity contribution in [3.8, 4) is 0 Å². The summed E-state index contributed by atoms with van der Waals surface area (Å²) < 4.78 is 1.43. The molecule has 0 bridgehead atoms. The number of unbranched alkanes of at least 4 members (excludes halogenated alkanes) is 1. The summed E-state index contributed by atoms with van der Waals surface area (Å²) >= 11 is 1.68. The van der Waals surface area contributed by atoms with Crippen LogP contribution in [0.2, 0.25) is 4.44 Å². The zero-order valence-corrected chi connectivity index (χ0v) is 7.18. The average Bonchev–Trinajstić information content (AvgIpc) is 1.41. The zero-order chi connectivity index (χ0) is 4.12. The van der Waals surface area contributed by atoms with Crippen LogP contribution < -0.4 is 6.15 Å². The Bertz CT molecular complexity index is 15.0. The molecule has 0 aromatic heterocycles. The van der Waals surface area contributed by atoms with Crippen molar-refractivity contribution in [2.45, 2.75) is 24.2 Å². The molecule has 3 radical (unpaired) electrons. The van der Waals surface area contributed by atoms with Crippen LogP contribution in [0.15, 0.2) is 0 Å². The first kappa shape index (κ1) is 9.90. The first-order valence-electron chi connectivity index (χ1n) is 2.06. The Morgan fingerprint density at radius 2 is 2.00 bits per heavy atom. The molecule has 0 aliphatic heterocycles. The molecule has 0 heterocycles. The molecule has 0 amide bonds. The standard InChI is InChI=1S/C4H9.H3N.Sn/c1-3-4-2;;/h1,3-4H2,2H3;1H3;. The van der Waals surface area contributed by atoms with E-state index in [0.29, 0.717) is 0 Å². The molecule has 0 rings (SSSR count). The molecule has 0 fully saturated rings. The molecule has 0 aromatic rings. The van der Waals surface area contributed by atoms with Gasteiger partial charge in [0.05, 0.1) is 0 Å². The van der Waals surface area contributed by atoms with Crippen molar-refractivity contribution >= 4 is 22.5 Å². The smallest absolute Gasteiger partial charge is 0.344 e. The monoisotopic (exact) mass is 194 g/mol. The molecular formula is C4H12NSn. The third-order valence-corrected chi connectivity index (χ3v) is 1.54. The molecule has 0 aliphatic carbocycles. The van der Waals surface area contributed by atoms with Gasteiger partial charge in [0, 0.05) is 0 Å². The van der Waals surface area contributed by atoms with E-state index in [-0.39, 0.29) is 6.15 Å². The molecule has 1 nitrogen and oxygen atoms in total. The maximum atomic E-state index is 2.23. The van der Waals surface area contributed by atoms with Crippen molar-refractivity contribution < 1.29 is 0 Å². The minimum atomic E-state index is 0. The van der Waals surface area contributed by atoms with Crippen LogP contribution in [0.25, 0.3) is 0 Å². The fourth-order valence-corrected chi connectivity index (χ4v) is 1.19. The second-order valence-electron chi connectivity index (χ2n) is 1.10. The van der Waals surface area contributed by atoms with Crippen molar-refractivity contribution in [1.82, 2.24) is 6.15 Å². The second-order valence-corrected chi connectivity index (χ2v) is 2.53. The van der Waals surface area contributed by atoms with Gasteiger partial charge in [-0.05, 0) is 0 Å². The van der Waals surface area contributed by atoms with E-state index >= 15 is 0 Å². The van der Waals surface area contributed by atoms with E-state index in [1.165, 1.54) is 17.3 Å². The molecule has 2 heteroatoms. The van der Waals surface area contributed by atoms with Gasteiger partial charge in [0.25, 0.3) is 0 Å². The molecule has 0 atom stereocenters. The van der Waals surface area contributed by atoms with Crippen molar-refractivity contribution in [2.24, 2.45) is 0 Å². The molecular weight excluding hydrogens is 181 g/mol. The SMILES string of the molecule is CCC[CH2][Sn].N. The number of hydrogen-bond acceptors (Lipinski definition) is 1. The van der Waals surface area contributed by atoms with E-state index < -0.39 is 0 Å². The van der Waals surface area contributed by atoms with Gasteiger partial charge in [0.1, 0.15) is 0 Å². The molecule has 0 saturated heterocycles. The Hall–Kier alpha value is 0.759. The summed E-state index contributed by atoms with van der Waals surface area (Å²) in [5.74, 6) is 0. The van der Waals surface area contributed by atoms with Gasteiger partial charge < -0.3 is 6.15 Å². The van der Waals surface area contributed by atoms with Gasteiger partial charge in [-0.2, -0.15) is 0 Å². The topological polar surface area (TPSA) is 35.0 Å². The average molecular weight is 193 g/mol. The van der Waals surface area contributed by atoms with Crippen LogP contribution >= 0.6 is 0 Å². The van der Waals surface area contributed by atoms with E-state index in [0.717, 1.165) is 0 Å². The van der Waals surface area contributed by atoms with Gasteiger partial charge in [0.2, 0.25) is 0 Å². The molecule has 6 heavy (non-hydrogen) atoms. The van der Waals surface area contributed by atoms with Crippen molar-refractivity contribution in [3.63, 3.8) is 0 Å². The van der Waals surface area contributed by atoms with Crippen molar-refractivity contribution in [2.75, 3.05) is 0 Å². The van der Waals surface area contributed by atoms with Crippen LogP contribution in [0, 0.1) is 0 Å². The minimum absolute atomic E-state index is 0. The zero-order valence-electron chi connectivity index (χ0n) is 4.33. The summed E-state index contributed by atoms with van der Waals surface area (Å²) in [6.07, 6.45) is 2.80. The summed E-state index contributed by atoms with van der Waals surface area (Å²) in [6, 6.07) is 0. The summed E-state index contributed by atoms with van der Waals surface area (Å²) in [7, 11) is 0. The van der Waals surface area contributed by atoms with Gasteiger partial charge in [-0.1, -0.05) is 0 Å². The van der Waals surface area contributed by atoms with E-state index in [1.807, 2.05) is 0 Å². The number of rotatable bonds is 2. The number of hydrogen-bond donors (Lipinski definition) is 1. The van der Waals surface area contributed by atoms with Gasteiger partial charge in [-0.3, -0.25) is 0 Å². The Morgan fingerprint density at radius 1 is 1.50 bits per heavy atom. The Morgan fingerprint density at radius 3 is 2.00 bits per heavy atom. The van der Waals surface area contributed by atoms with Gasteiger partial charge in [-0.25, -0.2) is 0 Å². The molecule has 37 valence electrons. The van der Waals surface area contributed by atoms with Crippen LogP contribution in [-0.4, -0.2) is 22.5 Å². The maximum absolute atomic E-state index is 2.23. The van der Waals surface area contributed by atoms with Crippen LogP contribution in [-0.2, 0) is 0 Å². The summed E-state index contributed by atoms with van der Waals surface area (Å²) in [5.41, 5.74) is 0. The van der Waals surface area contributed by atoms with E-state index in [1.54, 1.807) is 22.5 Å². The summed E-state index contributed by atoms with van der Waals surface area (Å²) in [5, 5.41) is 0. The molecule has 0 unspecified atom stereocenters. The fraction of sp³-hybridized carbons (Fsp3) is 1.00. The van der Waals surface area contributed by atoms with E-state index in [4.69, 9.17) is 0 Å². The first-order valence-corrected chi connectivity index (χ1v) is 4.08. The molecule has 3 N–H and O–H groups in total. The predicted octanol–water partition coefficient (Wildman–Crippen LogP) is 1.54. The summed E-state index contributed by atoms with van der Waals surface area (Å²) in [6.45, 7) is 2.23. The minimum Gasteiger partial charge on any atom is -0.344 e. The van der Waals surface area contributed by atoms with Crippen LogP contribution in [0.1, 0.15) is 19.8 Å². The molecule has 0 aliphatic rings. The van der Waals surface area contributed by atoms with Crippen LogP contribution in [0.3, 0.4) is 0 Å². The van der Waals surface area contributed by atoms with Crippen molar-refractivity contribution in [3.05, 3.63) is 0 Å². The van der Waals surface area contributed by atoms with Gasteiger partial charge >= 0.3 is 46.7 Å². The molecule has 0 aromatic carbocycles. The van der Waals surface area contributed by atoms with Gasteiger partial charge in [0.15, 0.2) is 0 Å². The maximum Gasteiger partial charge on any atom is -0.344 e. The fourth-order valence-electron chi connectivity index (χ4n) is 0.177. The Balaban J connectivity index is 0. The Labute approximate surface area is 53.2 Å².